The fraction of sp³-hybridized carbons (Fsp3) is 0.604. The number of ketones is 1. The second kappa shape index (κ2) is 108. The van der Waals surface area contributed by atoms with Crippen LogP contribution in [0.2, 0.25) is 39.3 Å². The van der Waals surface area contributed by atoms with E-state index in [4.69, 9.17) is 150 Å². The standard InChI is InChI=1S/C13H22N2OS.C12H22BrNSi2.C9H14N2.C7H15NOS.C4H11NOS.C4H9.C3H6O.CH4.14F2.2FH.Li/c1-12(2,3)17(16)15-13(4,5)10-6-8-11(14)9-7-10;1-15(2,3)14(16(4,5)6)12-9-7-11(13)8-10-12;1-9(2,11)7-3-5-8(10)6-4-7;1-6(2)8-10(9)7(3,4)5;1-4(2,3)7(5)6;1-3-4-2;1-3(2)4;;14*1-2;;;/h6-9,15H,14H2,1-5H3;7-10H,1-6H3;3-6H,10-11H2,1-2H3;1-5H3;5H2,1-3H3;1,3-4H2,2H3;1-2H3;1H4;;;;;;;;;;;;;;;2*1H;/q;;;;;-1;;;;;;;;;;;;;;;;;;;+1/p+1. The number of Topliss-reactive ketones (excluding diaryl/α,β-unsaturated/α-hetero) is 1. The number of halogens is 31. The minimum Gasteiger partial charge on any atom is -0.598 e. The molecule has 0 fully saturated rings. The summed E-state index contributed by atoms with van der Waals surface area (Å²) in [4.78, 5) is 9.44. The van der Waals surface area contributed by atoms with Crippen molar-refractivity contribution < 1.29 is 176 Å². The first-order valence-electron chi connectivity index (χ1n) is 25.3. The Bertz CT molecular complexity index is 1930. The van der Waals surface area contributed by atoms with E-state index < -0.39 is 50.6 Å². The largest absolute Gasteiger partial charge is 1.00 e. The molecule has 0 aromatic heterocycles. The number of unbranched alkanes of at least 4 members (excludes halogenated alkanes) is 1. The van der Waals surface area contributed by atoms with Crippen LogP contribution in [0.1, 0.15) is 157 Å². The number of nitrogens with one attached hydrogen (secondary N) is 1. The van der Waals surface area contributed by atoms with Crippen LogP contribution in [-0.4, -0.2) is 55.9 Å². The summed E-state index contributed by atoms with van der Waals surface area (Å²) in [5.41, 5.74) is 22.4. The number of nitrogens with zero attached hydrogens (tertiary/aromatic N) is 2. The van der Waals surface area contributed by atoms with Gasteiger partial charge in [0, 0.05) is 178 Å². The van der Waals surface area contributed by atoms with Gasteiger partial charge in [-0.25, -0.2) is 0 Å². The summed E-state index contributed by atoms with van der Waals surface area (Å²) >= 11 is 0.143. The van der Waals surface area contributed by atoms with E-state index in [9.17, 15) is 18.5 Å². The molecule has 9 N–H and O–H groups in total. The number of rotatable bonds is 9. The Morgan fingerprint density at radius 1 is 0.515 bits per heavy atom. The molecule has 101 heavy (non-hydrogen) atoms. The van der Waals surface area contributed by atoms with E-state index in [2.05, 4.69) is 107 Å². The molecule has 11 nitrogen and oxygen atoms in total. The van der Waals surface area contributed by atoms with Crippen LogP contribution in [0.3, 0.4) is 0 Å². The minimum absolute atomic E-state index is 0. The van der Waals surface area contributed by atoms with Crippen molar-refractivity contribution >= 4 is 95.0 Å². The summed E-state index contributed by atoms with van der Waals surface area (Å²) in [5.74, 6) is 0.167. The SMILES string of the molecule is C.CC(C)(C)[S+](N)[O-].CC(C)(N)c1ccc(N)cc1.CC(C)(N[S+]([O-])C(C)(C)C)c1ccc(N)cc1.CC(C)=N[S+]([O-])C(C)(C)C.CC(C)=O.C[Si](C)(C)N(c1ccc(Br)cc1)[Si](C)(C)C.F.F.FF.FF.FF.FF.FF.FF.FF.FF.FF.FF.FF.FF.FF.FF.[CH2-]CCC.[H+].[Li+]. The number of nitrogens with two attached hydrogens (primary N) is 4. The van der Waals surface area contributed by atoms with Gasteiger partial charge in [-0.3, -0.25) is 9.41 Å². The van der Waals surface area contributed by atoms with Crippen molar-refractivity contribution in [2.45, 2.75) is 209 Å². The first kappa shape index (κ1) is 159. The Kier molecular flexibility index (Phi) is 170. The molecule has 0 amide bonds. The normalized spacial score (nSPS) is 9.73. The molecule has 0 aliphatic carbocycles. The third-order valence-corrected chi connectivity index (χ3v) is 20.7. The van der Waals surface area contributed by atoms with Crippen LogP contribution in [0.25, 0.3) is 0 Å². The number of carbonyl (C=O) groups excluding carboxylic acids is 1. The monoisotopic (exact) mass is 1710 g/mol. The number of hydrogen-bond donors (Lipinski definition) is 5. The summed E-state index contributed by atoms with van der Waals surface area (Å²) in [6, 6.07) is 24.0. The second-order valence-corrected chi connectivity index (χ2v) is 39.4. The Hall–Kier alpha value is -3.38. The van der Waals surface area contributed by atoms with Crippen molar-refractivity contribution in [3.05, 3.63) is 95.3 Å². The quantitative estimate of drug-likeness (QED) is 0.0341. The molecule has 0 aliphatic rings. The molecule has 0 saturated carbocycles. The van der Waals surface area contributed by atoms with Crippen molar-refractivity contribution in [3.63, 3.8) is 0 Å². The van der Waals surface area contributed by atoms with Gasteiger partial charge in [-0.15, -0.1) is 4.72 Å². The molecular formula is C53H106BrF30LiN7O4S3Si2+. The maximum Gasteiger partial charge on any atom is 1.00 e. The van der Waals surface area contributed by atoms with Crippen LogP contribution in [0.15, 0.2) is 81.7 Å². The molecule has 0 spiro atoms. The molecule has 3 aromatic rings. The molecule has 0 aliphatic heterocycles. The van der Waals surface area contributed by atoms with E-state index in [1.165, 1.54) is 26.0 Å². The van der Waals surface area contributed by atoms with E-state index >= 15 is 0 Å². The van der Waals surface area contributed by atoms with Gasteiger partial charge in [0.1, 0.15) is 47.9 Å². The first-order valence-corrected chi connectivity index (χ1v) is 36.5. The van der Waals surface area contributed by atoms with Crippen LogP contribution < -0.4 is 50.2 Å². The molecule has 48 heteroatoms. The zero-order valence-corrected chi connectivity index (χ0v) is 65.9. The van der Waals surface area contributed by atoms with E-state index in [0.29, 0.717) is 0 Å². The van der Waals surface area contributed by atoms with E-state index in [0.717, 1.165) is 39.1 Å². The zero-order valence-electron chi connectivity index (χ0n) is 60.9. The molecule has 0 radical (unpaired) electrons. The van der Waals surface area contributed by atoms with Crippen LogP contribution >= 0.6 is 15.9 Å². The van der Waals surface area contributed by atoms with E-state index in [1.807, 2.05) is 152 Å². The summed E-state index contributed by atoms with van der Waals surface area (Å²) in [6.07, 6.45) is 2.28. The predicted molar refractivity (Wildman–Crippen MR) is 366 cm³/mol. The van der Waals surface area contributed by atoms with Crippen molar-refractivity contribution in [2.24, 2.45) is 15.3 Å². The summed E-state index contributed by atoms with van der Waals surface area (Å²) in [7, 11) is -2.60. The molecule has 3 aromatic carbocycles. The molecule has 3 rings (SSSR count). The topological polar surface area (TPSA) is 218 Å². The maximum atomic E-state index is 12.1. The van der Waals surface area contributed by atoms with Crippen LogP contribution in [0.5, 0.6) is 0 Å². The summed E-state index contributed by atoms with van der Waals surface area (Å²) < 4.78 is 268. The second-order valence-electron chi connectivity index (χ2n) is 22.8. The Labute approximate surface area is 609 Å². The number of carbonyl (C=O) groups is 1. The number of nitrogen functional groups attached to an aromatic ring is 2. The summed E-state index contributed by atoms with van der Waals surface area (Å²) in [5, 5.41) is 5.04. The molecule has 3 unspecified atom stereocenters. The van der Waals surface area contributed by atoms with Crippen molar-refractivity contribution in [1.82, 2.24) is 4.72 Å². The fourth-order valence-corrected chi connectivity index (χ4v) is 16.6. The Morgan fingerprint density at radius 2 is 0.733 bits per heavy atom. The van der Waals surface area contributed by atoms with Crippen LogP contribution in [-0.2, 0) is 50.0 Å². The molecular weight excluding hydrogens is 1610 g/mol. The van der Waals surface area contributed by atoms with Crippen molar-refractivity contribution in [1.29, 1.82) is 0 Å². The zero-order chi connectivity index (χ0) is 83.7. The van der Waals surface area contributed by atoms with Gasteiger partial charge in [0.15, 0.2) is 0 Å². The van der Waals surface area contributed by atoms with Gasteiger partial charge in [0.25, 0.3) is 0 Å². The smallest absolute Gasteiger partial charge is 0.598 e. The third kappa shape index (κ3) is 127. The number of anilines is 3. The van der Waals surface area contributed by atoms with Gasteiger partial charge in [-0.05, 0) is 177 Å². The van der Waals surface area contributed by atoms with Gasteiger partial charge in [0.2, 0.25) is 0 Å². The first-order chi connectivity index (χ1) is 44.7. The minimum atomic E-state index is -1.30. The molecule has 620 valence electrons. The number of hydrogen-bond acceptors (Lipinski definition) is 11. The van der Waals surface area contributed by atoms with Crippen LogP contribution in [0, 0.1) is 6.92 Å². The van der Waals surface area contributed by atoms with Crippen LogP contribution in [0.4, 0.5) is 155 Å². The molecule has 0 bridgehead atoms. The molecule has 0 saturated heterocycles. The maximum absolute atomic E-state index is 12.1. The Morgan fingerprint density at radius 3 is 0.881 bits per heavy atom. The van der Waals surface area contributed by atoms with Crippen molar-refractivity contribution in [2.75, 3.05) is 15.7 Å². The number of benzene rings is 3. The predicted octanol–water partition coefficient (Wildman–Crippen LogP) is 23.3. The van der Waals surface area contributed by atoms with Gasteiger partial charge in [0.05, 0.1) is 11.3 Å². The van der Waals surface area contributed by atoms with Gasteiger partial charge in [-0.2, -0.15) is 11.6 Å². The average Bonchev–Trinajstić information content (AvgIpc) is 0.809. The third-order valence-electron chi connectivity index (χ3n) is 8.36. The average molecular weight is 1710 g/mol. The summed E-state index contributed by atoms with van der Waals surface area (Å²) in [6.45, 7) is 52.1. The van der Waals surface area contributed by atoms with Gasteiger partial charge >= 0.3 is 20.3 Å². The van der Waals surface area contributed by atoms with E-state index in [1.54, 1.807) is 0 Å². The van der Waals surface area contributed by atoms with Crippen molar-refractivity contribution in [3.8, 4) is 0 Å². The van der Waals surface area contributed by atoms with Gasteiger partial charge in [-0.1, -0.05) is 105 Å². The Balaban J connectivity index is -0.0000000327. The molecule has 0 heterocycles. The molecule has 3 atom stereocenters. The van der Waals surface area contributed by atoms with Gasteiger partial charge < -0.3 is 46.8 Å². The fourth-order valence-electron chi connectivity index (χ4n) is 4.93. The van der Waals surface area contributed by atoms with E-state index in [-0.39, 0.29) is 68.2 Å².